The van der Waals surface area contributed by atoms with Gasteiger partial charge in [-0.15, -0.1) is 0 Å². The molecule has 2 aliphatic heterocycles. The fourth-order valence-corrected chi connectivity index (χ4v) is 3.57. The molecule has 2 heterocycles. The van der Waals surface area contributed by atoms with Crippen molar-refractivity contribution in [2.75, 3.05) is 37.0 Å². The highest BCUT2D eigenvalue weighted by molar-refractivity contribution is 6.14. The predicted octanol–water partition coefficient (Wildman–Crippen LogP) is 1.57. The summed E-state index contributed by atoms with van der Waals surface area (Å²) in [6, 6.07) is 4.93. The molecule has 3 rings (SSSR count). The van der Waals surface area contributed by atoms with Gasteiger partial charge >= 0.3 is 12.1 Å². The Bertz CT molecular complexity index is 994. The first-order valence-corrected chi connectivity index (χ1v) is 10.2. The average molecular weight is 445 g/mol. The number of anilines is 2. The number of aliphatic hydroxyl groups is 1. The summed E-state index contributed by atoms with van der Waals surface area (Å²) < 4.78 is 10.2. The van der Waals surface area contributed by atoms with Crippen LogP contribution in [0.5, 0.6) is 0 Å². The van der Waals surface area contributed by atoms with Crippen molar-refractivity contribution in [1.82, 2.24) is 4.90 Å². The largest absolute Gasteiger partial charge is 0.466 e. The monoisotopic (exact) mass is 445 g/mol. The van der Waals surface area contributed by atoms with Crippen LogP contribution in [0.15, 0.2) is 29.5 Å². The molecule has 0 aliphatic carbocycles. The molecule has 172 valence electrons. The number of fused-ring (bicyclic) bond motifs is 1. The number of rotatable bonds is 5. The number of hydrogen-bond donors (Lipinski definition) is 2. The number of nitrogens with zero attached hydrogens (tertiary/aromatic N) is 2. The highest BCUT2D eigenvalue weighted by Crippen LogP contribution is 2.33. The average Bonchev–Trinajstić information content (AvgIpc) is 3.02. The van der Waals surface area contributed by atoms with E-state index in [0.29, 0.717) is 17.8 Å². The van der Waals surface area contributed by atoms with Crippen LogP contribution in [0.3, 0.4) is 0 Å². The number of methoxy groups -OCH3 is 1. The zero-order valence-corrected chi connectivity index (χ0v) is 18.6. The number of carbonyl (C=O) groups excluding carboxylic acids is 4. The van der Waals surface area contributed by atoms with Gasteiger partial charge in [0.25, 0.3) is 5.91 Å². The lowest BCUT2D eigenvalue weighted by Crippen LogP contribution is -2.43. The van der Waals surface area contributed by atoms with Crippen LogP contribution in [0.1, 0.15) is 32.8 Å². The zero-order valence-electron chi connectivity index (χ0n) is 18.6. The quantitative estimate of drug-likeness (QED) is 0.655. The molecule has 0 aromatic heterocycles. The smallest absolute Gasteiger partial charge is 0.421 e. The van der Waals surface area contributed by atoms with Crippen molar-refractivity contribution in [1.29, 1.82) is 0 Å². The van der Waals surface area contributed by atoms with E-state index in [-0.39, 0.29) is 43.3 Å². The molecule has 0 spiro atoms. The summed E-state index contributed by atoms with van der Waals surface area (Å²) in [6.45, 7) is 5.04. The molecule has 3 amide bonds. The number of imide groups is 1. The van der Waals surface area contributed by atoms with E-state index in [1.807, 2.05) is 0 Å². The molecule has 0 radical (unpaired) electrons. The highest BCUT2D eigenvalue weighted by atomic mass is 16.6. The fourth-order valence-electron chi connectivity index (χ4n) is 3.57. The van der Waals surface area contributed by atoms with Gasteiger partial charge in [0.05, 0.1) is 31.5 Å². The lowest BCUT2D eigenvalue weighted by Gasteiger charge is -2.30. The first kappa shape index (κ1) is 23.3. The Kier molecular flexibility index (Phi) is 6.54. The summed E-state index contributed by atoms with van der Waals surface area (Å²) in [4.78, 5) is 52.2. The standard InChI is InChI=1S/C22H27N3O7/c1-22(2,3)32-21(30)25-16-7-6-14(11-13(16)5-8-17(25)27)23-18-15(20(29)31-4)12-24(9-10-26)19(18)28/h6-7,11,23,26H,5,8-10,12H2,1-4H3. The number of aryl methyl sites for hydroxylation is 1. The van der Waals surface area contributed by atoms with Gasteiger partial charge in [-0.2, -0.15) is 0 Å². The van der Waals surface area contributed by atoms with Gasteiger partial charge in [0.15, 0.2) is 0 Å². The third-order valence-electron chi connectivity index (χ3n) is 4.98. The SMILES string of the molecule is COC(=O)C1=C(Nc2ccc3c(c2)CCC(=O)N3C(=O)OC(C)(C)C)C(=O)N(CCO)C1. The molecule has 10 nitrogen and oxygen atoms in total. The van der Waals surface area contributed by atoms with E-state index >= 15 is 0 Å². The first-order valence-electron chi connectivity index (χ1n) is 10.2. The Morgan fingerprint density at radius 3 is 2.53 bits per heavy atom. The van der Waals surface area contributed by atoms with Gasteiger partial charge in [-0.3, -0.25) is 9.59 Å². The van der Waals surface area contributed by atoms with Gasteiger partial charge in [-0.1, -0.05) is 0 Å². The Hall–Kier alpha value is -3.40. The van der Waals surface area contributed by atoms with Crippen molar-refractivity contribution in [2.24, 2.45) is 0 Å². The van der Waals surface area contributed by atoms with Crippen LogP contribution < -0.4 is 10.2 Å². The maximum absolute atomic E-state index is 12.7. The van der Waals surface area contributed by atoms with Crippen molar-refractivity contribution >= 4 is 35.3 Å². The van der Waals surface area contributed by atoms with Crippen LogP contribution in [0.25, 0.3) is 0 Å². The molecule has 0 unspecified atom stereocenters. The molecule has 2 aliphatic rings. The Morgan fingerprint density at radius 2 is 1.91 bits per heavy atom. The molecule has 0 saturated carbocycles. The van der Waals surface area contributed by atoms with E-state index in [0.717, 1.165) is 10.5 Å². The third kappa shape index (κ3) is 4.75. The van der Waals surface area contributed by atoms with E-state index < -0.39 is 23.6 Å². The number of hydrogen-bond acceptors (Lipinski definition) is 8. The number of nitrogens with one attached hydrogen (secondary N) is 1. The van der Waals surface area contributed by atoms with Gasteiger partial charge < -0.3 is 24.8 Å². The lowest BCUT2D eigenvalue weighted by molar-refractivity contribution is -0.136. The van der Waals surface area contributed by atoms with Crippen LogP contribution >= 0.6 is 0 Å². The number of amides is 3. The minimum atomic E-state index is -0.753. The second-order valence-corrected chi connectivity index (χ2v) is 8.47. The van der Waals surface area contributed by atoms with Crippen molar-refractivity contribution in [3.63, 3.8) is 0 Å². The molecule has 1 aromatic rings. The number of esters is 1. The van der Waals surface area contributed by atoms with Crippen LogP contribution in [0, 0.1) is 0 Å². The number of ether oxygens (including phenoxy) is 2. The Labute approximate surface area is 185 Å². The summed E-state index contributed by atoms with van der Waals surface area (Å²) in [7, 11) is 1.23. The summed E-state index contributed by atoms with van der Waals surface area (Å²) in [6.07, 6.45) is -0.198. The predicted molar refractivity (Wildman–Crippen MR) is 115 cm³/mol. The van der Waals surface area contributed by atoms with Gasteiger partial charge in [0.1, 0.15) is 11.3 Å². The van der Waals surface area contributed by atoms with Crippen LogP contribution in [0.4, 0.5) is 16.2 Å². The minimum absolute atomic E-state index is 0.0280. The number of benzene rings is 1. The van der Waals surface area contributed by atoms with Crippen LogP contribution in [-0.2, 0) is 30.3 Å². The van der Waals surface area contributed by atoms with Crippen molar-refractivity contribution in [3.05, 3.63) is 35.0 Å². The number of aliphatic hydroxyl groups excluding tert-OH is 1. The molecule has 0 fully saturated rings. The summed E-state index contributed by atoms with van der Waals surface area (Å²) in [5, 5.41) is 12.2. The molecular formula is C22H27N3O7. The minimum Gasteiger partial charge on any atom is -0.466 e. The van der Waals surface area contributed by atoms with E-state index in [4.69, 9.17) is 9.47 Å². The fraction of sp³-hybridized carbons (Fsp3) is 0.455. The molecule has 0 atom stereocenters. The zero-order chi connectivity index (χ0) is 23.6. The summed E-state index contributed by atoms with van der Waals surface area (Å²) in [5.41, 5.74) is 1.13. The van der Waals surface area contributed by atoms with Crippen LogP contribution in [0.2, 0.25) is 0 Å². The van der Waals surface area contributed by atoms with Gasteiger partial charge in [0.2, 0.25) is 5.91 Å². The Balaban J connectivity index is 1.90. The Morgan fingerprint density at radius 1 is 1.19 bits per heavy atom. The van der Waals surface area contributed by atoms with Crippen molar-refractivity contribution in [3.8, 4) is 0 Å². The molecule has 0 saturated heterocycles. The molecule has 0 bridgehead atoms. The normalized spacial score (nSPS) is 16.3. The lowest BCUT2D eigenvalue weighted by atomic mass is 10.0. The maximum atomic E-state index is 12.7. The second kappa shape index (κ2) is 8.99. The molecule has 32 heavy (non-hydrogen) atoms. The summed E-state index contributed by atoms with van der Waals surface area (Å²) in [5.74, 6) is -1.42. The van der Waals surface area contributed by atoms with E-state index in [1.165, 1.54) is 12.0 Å². The van der Waals surface area contributed by atoms with Gasteiger partial charge in [-0.25, -0.2) is 14.5 Å². The molecular weight excluding hydrogens is 418 g/mol. The molecule has 10 heteroatoms. The maximum Gasteiger partial charge on any atom is 0.421 e. The van der Waals surface area contributed by atoms with Crippen molar-refractivity contribution < 1.29 is 33.8 Å². The van der Waals surface area contributed by atoms with Gasteiger partial charge in [-0.05, 0) is 51.0 Å². The number of carbonyl (C=O) groups is 4. The van der Waals surface area contributed by atoms with Crippen LogP contribution in [-0.4, -0.2) is 66.3 Å². The van der Waals surface area contributed by atoms with E-state index in [9.17, 15) is 24.3 Å². The first-order chi connectivity index (χ1) is 15.1. The molecule has 1 aromatic carbocycles. The molecule has 2 N–H and O–H groups in total. The highest BCUT2D eigenvalue weighted by Gasteiger charge is 2.36. The van der Waals surface area contributed by atoms with Gasteiger partial charge in [0, 0.05) is 18.7 Å². The third-order valence-corrected chi connectivity index (χ3v) is 4.98. The summed E-state index contributed by atoms with van der Waals surface area (Å²) >= 11 is 0. The van der Waals surface area contributed by atoms with Crippen molar-refractivity contribution in [2.45, 2.75) is 39.2 Å². The van der Waals surface area contributed by atoms with E-state index in [2.05, 4.69) is 5.32 Å². The topological polar surface area (TPSA) is 125 Å². The number of β-amino-alcohol motifs (C(OH)–C–C–N with tert-alkyl or cyclic N) is 1. The second-order valence-electron chi connectivity index (χ2n) is 8.47. The van der Waals surface area contributed by atoms with E-state index in [1.54, 1.807) is 39.0 Å².